The minimum Gasteiger partial charge on any atom is -0.330 e. The molecule has 0 aromatic heterocycles. The number of halogens is 1. The Labute approximate surface area is 98.4 Å². The topological polar surface area (TPSA) is 26.0 Å². The van der Waals surface area contributed by atoms with Crippen LogP contribution in [0.1, 0.15) is 12.0 Å². The number of fused-ring (bicyclic) bond motifs is 1. The van der Waals surface area contributed by atoms with Crippen LogP contribution in [0.3, 0.4) is 0 Å². The Hall–Kier alpha value is -0.860. The van der Waals surface area contributed by atoms with Gasteiger partial charge in [0, 0.05) is 4.47 Å². The molecular formula is C13H14BrN. The lowest BCUT2D eigenvalue weighted by Crippen LogP contribution is -2.00. The van der Waals surface area contributed by atoms with Crippen molar-refractivity contribution in [1.82, 2.24) is 0 Å². The highest BCUT2D eigenvalue weighted by Gasteiger charge is 2.03. The predicted molar refractivity (Wildman–Crippen MR) is 69.0 cm³/mol. The summed E-state index contributed by atoms with van der Waals surface area (Å²) in [6, 6.07) is 12.7. The Bertz CT molecular complexity index is 460. The average molecular weight is 264 g/mol. The van der Waals surface area contributed by atoms with Gasteiger partial charge in [-0.1, -0.05) is 46.3 Å². The molecule has 0 aliphatic rings. The van der Waals surface area contributed by atoms with Gasteiger partial charge < -0.3 is 5.73 Å². The lowest BCUT2D eigenvalue weighted by atomic mass is 10.0. The quantitative estimate of drug-likeness (QED) is 0.902. The van der Waals surface area contributed by atoms with Crippen LogP contribution < -0.4 is 5.73 Å². The first-order valence-corrected chi connectivity index (χ1v) is 5.98. The molecule has 2 aromatic rings. The molecule has 0 radical (unpaired) electrons. The fourth-order valence-electron chi connectivity index (χ4n) is 1.87. The summed E-state index contributed by atoms with van der Waals surface area (Å²) in [4.78, 5) is 0. The summed E-state index contributed by atoms with van der Waals surface area (Å²) in [5, 5.41) is 2.62. The maximum Gasteiger partial charge on any atom is 0.0256 e. The first-order valence-electron chi connectivity index (χ1n) is 5.19. The van der Waals surface area contributed by atoms with E-state index in [1.807, 2.05) is 0 Å². The van der Waals surface area contributed by atoms with Crippen LogP contribution in [0.5, 0.6) is 0 Å². The van der Waals surface area contributed by atoms with Crippen LogP contribution in [0.25, 0.3) is 10.8 Å². The van der Waals surface area contributed by atoms with E-state index in [-0.39, 0.29) is 0 Å². The molecule has 0 aliphatic heterocycles. The third-order valence-corrected chi connectivity index (χ3v) is 3.25. The fraction of sp³-hybridized carbons (Fsp3) is 0.231. The average Bonchev–Trinajstić information content (AvgIpc) is 2.26. The van der Waals surface area contributed by atoms with E-state index in [9.17, 15) is 0 Å². The zero-order chi connectivity index (χ0) is 10.7. The van der Waals surface area contributed by atoms with Gasteiger partial charge in [-0.25, -0.2) is 0 Å². The lowest BCUT2D eigenvalue weighted by molar-refractivity contribution is 0.837. The maximum atomic E-state index is 5.55. The zero-order valence-corrected chi connectivity index (χ0v) is 10.1. The molecule has 0 saturated carbocycles. The Kier molecular flexibility index (Phi) is 3.39. The van der Waals surface area contributed by atoms with Gasteiger partial charge in [0.25, 0.3) is 0 Å². The van der Waals surface area contributed by atoms with E-state index in [2.05, 4.69) is 52.3 Å². The molecule has 0 bridgehead atoms. The summed E-state index contributed by atoms with van der Waals surface area (Å²) in [5.74, 6) is 0. The van der Waals surface area contributed by atoms with Crippen molar-refractivity contribution >= 4 is 26.7 Å². The molecule has 0 amide bonds. The van der Waals surface area contributed by atoms with E-state index >= 15 is 0 Å². The summed E-state index contributed by atoms with van der Waals surface area (Å²) < 4.78 is 1.17. The first-order chi connectivity index (χ1) is 7.33. The number of benzene rings is 2. The fourth-order valence-corrected chi connectivity index (χ4v) is 2.51. The van der Waals surface area contributed by atoms with Gasteiger partial charge in [-0.05, 0) is 41.8 Å². The van der Waals surface area contributed by atoms with Crippen molar-refractivity contribution in [1.29, 1.82) is 0 Å². The zero-order valence-electron chi connectivity index (χ0n) is 8.54. The maximum absolute atomic E-state index is 5.55. The summed E-state index contributed by atoms with van der Waals surface area (Å²) >= 11 is 3.61. The van der Waals surface area contributed by atoms with Crippen LogP contribution in [0.4, 0.5) is 0 Å². The van der Waals surface area contributed by atoms with Crippen molar-refractivity contribution in [3.8, 4) is 0 Å². The summed E-state index contributed by atoms with van der Waals surface area (Å²) in [5.41, 5.74) is 6.93. The number of rotatable bonds is 3. The van der Waals surface area contributed by atoms with Crippen LogP contribution in [0.15, 0.2) is 40.9 Å². The Morgan fingerprint density at radius 2 is 1.80 bits per heavy atom. The van der Waals surface area contributed by atoms with Gasteiger partial charge in [0.1, 0.15) is 0 Å². The molecule has 2 N–H and O–H groups in total. The third-order valence-electron chi connectivity index (χ3n) is 2.59. The lowest BCUT2D eigenvalue weighted by Gasteiger charge is -2.07. The first kappa shape index (κ1) is 10.7. The molecule has 2 heteroatoms. The van der Waals surface area contributed by atoms with Crippen molar-refractivity contribution in [3.05, 3.63) is 46.4 Å². The van der Waals surface area contributed by atoms with Gasteiger partial charge in [0.2, 0.25) is 0 Å². The van der Waals surface area contributed by atoms with Crippen molar-refractivity contribution in [2.45, 2.75) is 12.8 Å². The SMILES string of the molecule is NCCCc1cccc2cccc(Br)c12. The number of hydrogen-bond acceptors (Lipinski definition) is 1. The van der Waals surface area contributed by atoms with E-state index < -0.39 is 0 Å². The molecule has 0 heterocycles. The Balaban J connectivity index is 2.53. The summed E-state index contributed by atoms with van der Waals surface area (Å²) in [6.45, 7) is 0.751. The van der Waals surface area contributed by atoms with Crippen LogP contribution in [0.2, 0.25) is 0 Å². The minimum absolute atomic E-state index is 0.751. The molecule has 2 rings (SSSR count). The molecule has 0 spiro atoms. The smallest absolute Gasteiger partial charge is 0.0256 e. The molecule has 15 heavy (non-hydrogen) atoms. The van der Waals surface area contributed by atoms with E-state index in [1.54, 1.807) is 0 Å². The normalized spacial score (nSPS) is 10.8. The van der Waals surface area contributed by atoms with Gasteiger partial charge in [-0.2, -0.15) is 0 Å². The number of aryl methyl sites for hydroxylation is 1. The van der Waals surface area contributed by atoms with Gasteiger partial charge in [-0.15, -0.1) is 0 Å². The molecule has 2 aromatic carbocycles. The highest BCUT2D eigenvalue weighted by molar-refractivity contribution is 9.10. The highest BCUT2D eigenvalue weighted by atomic mass is 79.9. The molecule has 0 aliphatic carbocycles. The second-order valence-corrected chi connectivity index (χ2v) is 4.50. The molecule has 0 saturated heterocycles. The van der Waals surface area contributed by atoms with E-state index in [0.717, 1.165) is 19.4 Å². The van der Waals surface area contributed by atoms with E-state index in [1.165, 1.54) is 20.8 Å². The Morgan fingerprint density at radius 1 is 1.07 bits per heavy atom. The van der Waals surface area contributed by atoms with Crippen molar-refractivity contribution in [3.63, 3.8) is 0 Å². The summed E-state index contributed by atoms with van der Waals surface area (Å²) in [6.07, 6.45) is 2.09. The Morgan fingerprint density at radius 3 is 2.53 bits per heavy atom. The van der Waals surface area contributed by atoms with Gasteiger partial charge in [0.15, 0.2) is 0 Å². The molecule has 0 atom stereocenters. The number of nitrogens with two attached hydrogens (primary N) is 1. The predicted octanol–water partition coefficient (Wildman–Crippen LogP) is 3.49. The van der Waals surface area contributed by atoms with Crippen LogP contribution >= 0.6 is 15.9 Å². The second-order valence-electron chi connectivity index (χ2n) is 3.65. The van der Waals surface area contributed by atoms with Crippen LogP contribution in [-0.4, -0.2) is 6.54 Å². The van der Waals surface area contributed by atoms with Gasteiger partial charge in [-0.3, -0.25) is 0 Å². The molecule has 0 fully saturated rings. The summed E-state index contributed by atoms with van der Waals surface area (Å²) in [7, 11) is 0. The monoisotopic (exact) mass is 263 g/mol. The highest BCUT2D eigenvalue weighted by Crippen LogP contribution is 2.27. The third kappa shape index (κ3) is 2.21. The van der Waals surface area contributed by atoms with Crippen LogP contribution in [0, 0.1) is 0 Å². The van der Waals surface area contributed by atoms with Crippen molar-refractivity contribution in [2.75, 3.05) is 6.54 Å². The number of hydrogen-bond donors (Lipinski definition) is 1. The van der Waals surface area contributed by atoms with Crippen LogP contribution in [-0.2, 0) is 6.42 Å². The van der Waals surface area contributed by atoms with Crippen molar-refractivity contribution in [2.24, 2.45) is 5.73 Å². The van der Waals surface area contributed by atoms with E-state index in [0.29, 0.717) is 0 Å². The standard InChI is InChI=1S/C13H14BrN/c14-12-8-2-6-10-4-1-5-11(13(10)12)7-3-9-15/h1-2,4-6,8H,3,7,9,15H2. The molecule has 78 valence electrons. The minimum atomic E-state index is 0.751. The molecule has 0 unspecified atom stereocenters. The van der Waals surface area contributed by atoms with Gasteiger partial charge >= 0.3 is 0 Å². The van der Waals surface area contributed by atoms with Crippen molar-refractivity contribution < 1.29 is 0 Å². The van der Waals surface area contributed by atoms with Gasteiger partial charge in [0.05, 0.1) is 0 Å². The molecule has 1 nitrogen and oxygen atoms in total. The largest absolute Gasteiger partial charge is 0.330 e. The van der Waals surface area contributed by atoms with E-state index in [4.69, 9.17) is 5.73 Å². The second kappa shape index (κ2) is 4.77. The molecular weight excluding hydrogens is 250 g/mol.